The molecular formula is C24H30N4O2. The van der Waals surface area contributed by atoms with Crippen LogP contribution in [0.3, 0.4) is 0 Å². The first-order valence-electron chi connectivity index (χ1n) is 10.5. The summed E-state index contributed by atoms with van der Waals surface area (Å²) in [7, 11) is 3.51. The van der Waals surface area contributed by atoms with Gasteiger partial charge in [-0.25, -0.2) is 0 Å². The highest BCUT2D eigenvalue weighted by molar-refractivity contribution is 5.80. The first kappa shape index (κ1) is 20.3. The molecule has 2 heterocycles. The molecule has 0 saturated carbocycles. The zero-order chi connectivity index (χ0) is 20.8. The summed E-state index contributed by atoms with van der Waals surface area (Å²) in [6.07, 6.45) is 5.71. The van der Waals surface area contributed by atoms with Crippen LogP contribution in [0.15, 0.2) is 65.7 Å². The zero-order valence-electron chi connectivity index (χ0n) is 17.8. The van der Waals surface area contributed by atoms with Crippen LogP contribution >= 0.6 is 0 Å². The van der Waals surface area contributed by atoms with E-state index in [4.69, 9.17) is 9.47 Å². The molecule has 0 aromatic heterocycles. The standard InChI is InChI=1S/C24H30N4O2/c1-25-24(28-16-13-20(18-28)27-14-5-6-15-27)26-17-19-9-11-21(12-10-19)30-23-8-4-3-7-22(23)29-2/h3-12,20H,13-18H2,1-2H3,(H,25,26). The lowest BCUT2D eigenvalue weighted by atomic mass is 10.2. The van der Waals surface area contributed by atoms with Crippen molar-refractivity contribution in [1.82, 2.24) is 15.1 Å². The number of aliphatic imine (C=N–C) groups is 1. The summed E-state index contributed by atoms with van der Waals surface area (Å²) in [6.45, 7) is 4.97. The third-order valence-electron chi connectivity index (χ3n) is 5.71. The van der Waals surface area contributed by atoms with Gasteiger partial charge in [0.05, 0.1) is 7.11 Å². The summed E-state index contributed by atoms with van der Waals surface area (Å²) >= 11 is 0. The lowest BCUT2D eigenvalue weighted by molar-refractivity contribution is 0.259. The molecule has 0 spiro atoms. The first-order chi connectivity index (χ1) is 14.8. The molecule has 6 nitrogen and oxygen atoms in total. The van der Waals surface area contributed by atoms with Crippen molar-refractivity contribution >= 4 is 5.96 Å². The molecule has 0 bridgehead atoms. The van der Waals surface area contributed by atoms with Crippen LogP contribution in [-0.2, 0) is 6.54 Å². The highest BCUT2D eigenvalue weighted by Gasteiger charge is 2.29. The highest BCUT2D eigenvalue weighted by Crippen LogP contribution is 2.30. The first-order valence-corrected chi connectivity index (χ1v) is 10.5. The average molecular weight is 407 g/mol. The number of likely N-dealkylation sites (tertiary alicyclic amines) is 1. The van der Waals surface area contributed by atoms with Gasteiger partial charge in [-0.1, -0.05) is 36.4 Å². The lowest BCUT2D eigenvalue weighted by Crippen LogP contribution is -2.42. The van der Waals surface area contributed by atoms with Crippen LogP contribution in [0.2, 0.25) is 0 Å². The van der Waals surface area contributed by atoms with E-state index in [1.54, 1.807) is 7.11 Å². The Hall–Kier alpha value is -2.99. The Kier molecular flexibility index (Phi) is 6.54. The molecule has 0 amide bonds. The molecule has 2 aromatic rings. The van der Waals surface area contributed by atoms with Gasteiger partial charge in [0, 0.05) is 45.8 Å². The molecule has 30 heavy (non-hydrogen) atoms. The minimum Gasteiger partial charge on any atom is -0.493 e. The maximum Gasteiger partial charge on any atom is 0.193 e. The van der Waals surface area contributed by atoms with Gasteiger partial charge in [0.25, 0.3) is 0 Å². The molecule has 1 saturated heterocycles. The normalized spacial score (nSPS) is 19.3. The topological polar surface area (TPSA) is 49.3 Å². The number of hydrogen-bond acceptors (Lipinski definition) is 4. The predicted octanol–water partition coefficient (Wildman–Crippen LogP) is 3.51. The zero-order valence-corrected chi connectivity index (χ0v) is 17.8. The fourth-order valence-electron chi connectivity index (χ4n) is 4.04. The van der Waals surface area contributed by atoms with Crippen molar-refractivity contribution < 1.29 is 9.47 Å². The lowest BCUT2D eigenvalue weighted by Gasteiger charge is -2.25. The van der Waals surface area contributed by atoms with Crippen LogP contribution in [-0.4, -0.2) is 62.1 Å². The van der Waals surface area contributed by atoms with Crippen LogP contribution in [0.5, 0.6) is 17.2 Å². The minimum atomic E-state index is 0.616. The monoisotopic (exact) mass is 406 g/mol. The Labute approximate surface area is 178 Å². The van der Waals surface area contributed by atoms with E-state index in [9.17, 15) is 0 Å². The van der Waals surface area contributed by atoms with Crippen molar-refractivity contribution in [2.45, 2.75) is 19.0 Å². The van der Waals surface area contributed by atoms with Crippen molar-refractivity contribution in [3.63, 3.8) is 0 Å². The van der Waals surface area contributed by atoms with Gasteiger partial charge in [-0.3, -0.25) is 9.89 Å². The van der Waals surface area contributed by atoms with Crippen LogP contribution < -0.4 is 14.8 Å². The van der Waals surface area contributed by atoms with Crippen LogP contribution in [0.4, 0.5) is 0 Å². The van der Waals surface area contributed by atoms with E-state index >= 15 is 0 Å². The fourth-order valence-corrected chi connectivity index (χ4v) is 4.04. The third-order valence-corrected chi connectivity index (χ3v) is 5.71. The number of nitrogens with one attached hydrogen (secondary N) is 1. The molecule has 2 aliphatic rings. The molecule has 158 valence electrons. The van der Waals surface area contributed by atoms with Gasteiger partial charge in [0.1, 0.15) is 5.75 Å². The molecule has 1 unspecified atom stereocenters. The SMILES string of the molecule is CN=C(NCc1ccc(Oc2ccccc2OC)cc1)N1CCC(N2CC=CC2)C1. The van der Waals surface area contributed by atoms with E-state index in [0.29, 0.717) is 11.8 Å². The molecule has 0 aliphatic carbocycles. The van der Waals surface area contributed by atoms with Crippen molar-refractivity contribution in [2.24, 2.45) is 4.99 Å². The number of ether oxygens (including phenoxy) is 2. The largest absolute Gasteiger partial charge is 0.493 e. The molecule has 2 aromatic carbocycles. The summed E-state index contributed by atoms with van der Waals surface area (Å²) in [5.74, 6) is 3.19. The summed E-state index contributed by atoms with van der Waals surface area (Å²) in [5, 5.41) is 3.51. The van der Waals surface area contributed by atoms with Gasteiger partial charge in [-0.05, 0) is 36.2 Å². The summed E-state index contributed by atoms with van der Waals surface area (Å²) in [5.41, 5.74) is 1.18. The second kappa shape index (κ2) is 9.67. The van der Waals surface area contributed by atoms with Gasteiger partial charge in [-0.2, -0.15) is 0 Å². The second-order valence-corrected chi connectivity index (χ2v) is 7.61. The van der Waals surface area contributed by atoms with Gasteiger partial charge < -0.3 is 19.7 Å². The number of rotatable bonds is 6. The quantitative estimate of drug-likeness (QED) is 0.452. The van der Waals surface area contributed by atoms with Crippen molar-refractivity contribution in [2.75, 3.05) is 40.3 Å². The molecule has 1 N–H and O–H groups in total. The maximum atomic E-state index is 5.96. The number of nitrogens with zero attached hydrogens (tertiary/aromatic N) is 3. The van der Waals surface area contributed by atoms with E-state index in [0.717, 1.165) is 50.2 Å². The predicted molar refractivity (Wildman–Crippen MR) is 120 cm³/mol. The molecule has 1 atom stereocenters. The van der Waals surface area contributed by atoms with Crippen molar-refractivity contribution in [1.29, 1.82) is 0 Å². The molecule has 0 radical (unpaired) electrons. The summed E-state index contributed by atoms with van der Waals surface area (Å²) < 4.78 is 11.3. The highest BCUT2D eigenvalue weighted by atomic mass is 16.5. The smallest absolute Gasteiger partial charge is 0.193 e. The minimum absolute atomic E-state index is 0.616. The van der Waals surface area contributed by atoms with Gasteiger partial charge in [0.15, 0.2) is 17.5 Å². The molecule has 6 heteroatoms. The molecule has 1 fully saturated rings. The van der Waals surface area contributed by atoms with Crippen LogP contribution in [0.25, 0.3) is 0 Å². The fraction of sp³-hybridized carbons (Fsp3) is 0.375. The Morgan fingerprint density at radius 3 is 2.50 bits per heavy atom. The maximum absolute atomic E-state index is 5.96. The Morgan fingerprint density at radius 1 is 1.07 bits per heavy atom. The number of benzene rings is 2. The third kappa shape index (κ3) is 4.76. The Balaban J connectivity index is 1.30. The van der Waals surface area contributed by atoms with Gasteiger partial charge in [0.2, 0.25) is 0 Å². The van der Waals surface area contributed by atoms with Gasteiger partial charge >= 0.3 is 0 Å². The molecule has 2 aliphatic heterocycles. The molecule has 4 rings (SSSR count). The number of methoxy groups -OCH3 is 1. The Morgan fingerprint density at radius 2 is 1.80 bits per heavy atom. The van der Waals surface area contributed by atoms with Crippen LogP contribution in [0, 0.1) is 0 Å². The summed E-state index contributed by atoms with van der Waals surface area (Å²) in [4.78, 5) is 9.40. The van der Waals surface area contributed by atoms with E-state index in [1.165, 1.54) is 12.0 Å². The van der Waals surface area contributed by atoms with E-state index in [-0.39, 0.29) is 0 Å². The summed E-state index contributed by atoms with van der Waals surface area (Å²) in [6, 6.07) is 16.4. The molecular weight excluding hydrogens is 376 g/mol. The van der Waals surface area contributed by atoms with Crippen molar-refractivity contribution in [3.05, 3.63) is 66.2 Å². The van der Waals surface area contributed by atoms with E-state index in [1.807, 2.05) is 43.4 Å². The Bertz CT molecular complexity index is 886. The van der Waals surface area contributed by atoms with Crippen molar-refractivity contribution in [3.8, 4) is 17.2 Å². The van der Waals surface area contributed by atoms with Gasteiger partial charge in [-0.15, -0.1) is 0 Å². The average Bonchev–Trinajstić information content (AvgIpc) is 3.48. The van der Waals surface area contributed by atoms with Crippen LogP contribution in [0.1, 0.15) is 12.0 Å². The number of guanidine groups is 1. The number of hydrogen-bond donors (Lipinski definition) is 1. The second-order valence-electron chi connectivity index (χ2n) is 7.61. The van der Waals surface area contributed by atoms with E-state index < -0.39 is 0 Å². The number of para-hydroxylation sites is 2. The van der Waals surface area contributed by atoms with E-state index in [2.05, 4.69) is 44.4 Å².